The van der Waals surface area contributed by atoms with Gasteiger partial charge in [0.25, 0.3) is 5.91 Å². The van der Waals surface area contributed by atoms with Crippen LogP contribution in [0.15, 0.2) is 64.2 Å². The van der Waals surface area contributed by atoms with Gasteiger partial charge in [-0.15, -0.1) is 0 Å². The summed E-state index contributed by atoms with van der Waals surface area (Å²) in [6.45, 7) is 7.53. The molecular weight excluding hydrogens is 406 g/mol. The van der Waals surface area contributed by atoms with Gasteiger partial charge >= 0.3 is 0 Å². The van der Waals surface area contributed by atoms with Crippen molar-refractivity contribution in [2.75, 3.05) is 10.3 Å². The van der Waals surface area contributed by atoms with E-state index in [0.717, 1.165) is 11.3 Å². The van der Waals surface area contributed by atoms with Gasteiger partial charge in [0.05, 0.1) is 5.69 Å². The quantitative estimate of drug-likeness (QED) is 0.650. The van der Waals surface area contributed by atoms with Gasteiger partial charge in [-0.2, -0.15) is 10.1 Å². The van der Waals surface area contributed by atoms with Crippen molar-refractivity contribution in [1.82, 2.24) is 10.1 Å². The van der Waals surface area contributed by atoms with Crippen molar-refractivity contribution in [3.63, 3.8) is 0 Å². The molecule has 0 radical (unpaired) electrons. The molecule has 0 fully saturated rings. The van der Waals surface area contributed by atoms with Gasteiger partial charge in [-0.3, -0.25) is 14.6 Å². The number of hydrogen-bond acceptors (Lipinski definition) is 7. The Morgan fingerprint density at radius 1 is 1.06 bits per heavy atom. The number of hydrazone groups is 1. The van der Waals surface area contributed by atoms with Crippen LogP contribution in [0.2, 0.25) is 0 Å². The first-order valence-electron chi connectivity index (χ1n) is 10.4. The molecule has 0 aliphatic carbocycles. The maximum atomic E-state index is 12.8. The van der Waals surface area contributed by atoms with Crippen LogP contribution >= 0.6 is 0 Å². The summed E-state index contributed by atoms with van der Waals surface area (Å²) in [5.74, 6) is 0.680. The van der Waals surface area contributed by atoms with Gasteiger partial charge in [0, 0.05) is 23.1 Å². The van der Waals surface area contributed by atoms with Crippen LogP contribution in [0.1, 0.15) is 40.0 Å². The molecule has 1 aromatic heterocycles. The number of amides is 1. The highest BCUT2D eigenvalue weighted by atomic mass is 16.5. The highest BCUT2D eigenvalue weighted by molar-refractivity contribution is 6.44. The lowest BCUT2D eigenvalue weighted by Crippen LogP contribution is -2.33. The van der Waals surface area contributed by atoms with Crippen molar-refractivity contribution in [3.05, 3.63) is 60.5 Å². The molecule has 2 aromatic carbocycles. The molecule has 0 saturated heterocycles. The average Bonchev–Trinajstić information content (AvgIpc) is 3.43. The van der Waals surface area contributed by atoms with E-state index in [2.05, 4.69) is 20.6 Å². The SMILES string of the molecule is CC(=O)C1CC(C(=O)Nc2ccc(-c3noc(C(C)(C)C)n3)cc2)=NN1c1ccccc1. The maximum Gasteiger partial charge on any atom is 0.271 e. The molecule has 1 aliphatic rings. The van der Waals surface area contributed by atoms with E-state index < -0.39 is 6.04 Å². The minimum absolute atomic E-state index is 0.0421. The van der Waals surface area contributed by atoms with Gasteiger partial charge in [0.15, 0.2) is 5.78 Å². The van der Waals surface area contributed by atoms with Crippen LogP contribution in [0.5, 0.6) is 0 Å². The van der Waals surface area contributed by atoms with Gasteiger partial charge in [0.1, 0.15) is 11.8 Å². The Balaban J connectivity index is 1.48. The lowest BCUT2D eigenvalue weighted by Gasteiger charge is -2.20. The third-order valence-corrected chi connectivity index (χ3v) is 5.13. The Bertz CT molecular complexity index is 1160. The molecule has 0 saturated carbocycles. The van der Waals surface area contributed by atoms with Crippen LogP contribution in [0.3, 0.4) is 0 Å². The van der Waals surface area contributed by atoms with Crippen molar-refractivity contribution in [3.8, 4) is 11.4 Å². The summed E-state index contributed by atoms with van der Waals surface area (Å²) >= 11 is 0. The number of anilines is 2. The van der Waals surface area contributed by atoms with Crippen molar-refractivity contribution >= 4 is 28.8 Å². The molecule has 3 aromatic rings. The van der Waals surface area contributed by atoms with E-state index in [0.29, 0.717) is 23.1 Å². The van der Waals surface area contributed by atoms with Gasteiger partial charge in [-0.25, -0.2) is 0 Å². The number of para-hydroxylation sites is 1. The van der Waals surface area contributed by atoms with Gasteiger partial charge in [-0.05, 0) is 43.3 Å². The summed E-state index contributed by atoms with van der Waals surface area (Å²) in [6, 6.07) is 16.0. The zero-order chi connectivity index (χ0) is 22.9. The lowest BCUT2D eigenvalue weighted by atomic mass is 9.97. The number of Topliss-reactive ketones (excluding diaryl/α,β-unsaturated/α-hetero) is 1. The molecule has 4 rings (SSSR count). The number of carbonyl (C=O) groups excluding carboxylic acids is 2. The predicted molar refractivity (Wildman–Crippen MR) is 123 cm³/mol. The number of aromatic nitrogens is 2. The summed E-state index contributed by atoms with van der Waals surface area (Å²) in [5, 5.41) is 12.9. The van der Waals surface area contributed by atoms with E-state index in [1.807, 2.05) is 63.2 Å². The standard InChI is InChI=1S/C24H25N5O3/c1-15(30)20-14-19(27-29(20)18-8-6-5-7-9-18)22(31)25-17-12-10-16(11-13-17)21-26-23(32-28-21)24(2,3)4/h5-13,20H,14H2,1-4H3,(H,25,31). The van der Waals surface area contributed by atoms with Crippen LogP contribution in [0, 0.1) is 0 Å². The number of rotatable bonds is 5. The largest absolute Gasteiger partial charge is 0.338 e. The number of ketones is 1. The van der Waals surface area contributed by atoms with Crippen LogP contribution < -0.4 is 10.3 Å². The van der Waals surface area contributed by atoms with E-state index in [1.165, 1.54) is 6.92 Å². The summed E-state index contributed by atoms with van der Waals surface area (Å²) in [7, 11) is 0. The van der Waals surface area contributed by atoms with Crippen LogP contribution in [0.4, 0.5) is 11.4 Å². The number of nitrogens with one attached hydrogen (secondary N) is 1. The summed E-state index contributed by atoms with van der Waals surface area (Å²) in [4.78, 5) is 29.4. The van der Waals surface area contributed by atoms with Crippen molar-refractivity contribution in [2.45, 2.75) is 45.6 Å². The van der Waals surface area contributed by atoms with Crippen LogP contribution in [0.25, 0.3) is 11.4 Å². The van der Waals surface area contributed by atoms with Gasteiger partial charge in [0.2, 0.25) is 11.7 Å². The summed E-state index contributed by atoms with van der Waals surface area (Å²) in [6.07, 6.45) is 0.257. The van der Waals surface area contributed by atoms with E-state index in [1.54, 1.807) is 17.1 Å². The number of benzene rings is 2. The minimum Gasteiger partial charge on any atom is -0.338 e. The minimum atomic E-state index is -0.490. The zero-order valence-electron chi connectivity index (χ0n) is 18.5. The predicted octanol–water partition coefficient (Wildman–Crippen LogP) is 4.20. The van der Waals surface area contributed by atoms with Gasteiger partial charge < -0.3 is 9.84 Å². The van der Waals surface area contributed by atoms with E-state index in [-0.39, 0.29) is 23.5 Å². The molecule has 1 amide bonds. The first-order chi connectivity index (χ1) is 15.2. The third-order valence-electron chi connectivity index (χ3n) is 5.13. The first kappa shape index (κ1) is 21.4. The molecule has 32 heavy (non-hydrogen) atoms. The molecule has 1 unspecified atom stereocenters. The third kappa shape index (κ3) is 4.44. The maximum absolute atomic E-state index is 12.8. The Morgan fingerprint density at radius 2 is 1.75 bits per heavy atom. The Morgan fingerprint density at radius 3 is 2.34 bits per heavy atom. The topological polar surface area (TPSA) is 101 Å². The van der Waals surface area contributed by atoms with Crippen molar-refractivity contribution < 1.29 is 14.1 Å². The molecular formula is C24H25N5O3. The molecule has 1 aliphatic heterocycles. The van der Waals surface area contributed by atoms with Gasteiger partial charge in [-0.1, -0.05) is 44.1 Å². The number of hydrogen-bond donors (Lipinski definition) is 1. The average molecular weight is 431 g/mol. The van der Waals surface area contributed by atoms with Crippen molar-refractivity contribution in [1.29, 1.82) is 0 Å². The van der Waals surface area contributed by atoms with Crippen LogP contribution in [-0.2, 0) is 15.0 Å². The highest BCUT2D eigenvalue weighted by Gasteiger charge is 2.34. The second kappa shape index (κ2) is 8.37. The normalized spacial score (nSPS) is 16.1. The monoisotopic (exact) mass is 431 g/mol. The fraction of sp³-hybridized carbons (Fsp3) is 0.292. The second-order valence-electron chi connectivity index (χ2n) is 8.76. The molecule has 1 N–H and O–H groups in total. The molecule has 0 spiro atoms. The lowest BCUT2D eigenvalue weighted by molar-refractivity contribution is -0.118. The first-order valence-corrected chi connectivity index (χ1v) is 10.4. The Kier molecular flexibility index (Phi) is 5.61. The van der Waals surface area contributed by atoms with Crippen LogP contribution in [-0.4, -0.2) is 33.6 Å². The van der Waals surface area contributed by atoms with E-state index in [9.17, 15) is 9.59 Å². The zero-order valence-corrected chi connectivity index (χ0v) is 18.5. The fourth-order valence-electron chi connectivity index (χ4n) is 3.33. The summed E-state index contributed by atoms with van der Waals surface area (Å²) in [5.41, 5.74) is 2.25. The molecule has 8 nitrogen and oxygen atoms in total. The molecule has 0 bridgehead atoms. The summed E-state index contributed by atoms with van der Waals surface area (Å²) < 4.78 is 5.34. The van der Waals surface area contributed by atoms with Crippen molar-refractivity contribution in [2.24, 2.45) is 5.10 Å². The number of nitrogens with zero attached hydrogens (tertiary/aromatic N) is 4. The van der Waals surface area contributed by atoms with E-state index >= 15 is 0 Å². The molecule has 2 heterocycles. The second-order valence-corrected chi connectivity index (χ2v) is 8.76. The smallest absolute Gasteiger partial charge is 0.271 e. The molecule has 1 atom stereocenters. The Labute approximate surface area is 186 Å². The highest BCUT2D eigenvalue weighted by Crippen LogP contribution is 2.27. The molecule has 8 heteroatoms. The number of carbonyl (C=O) groups is 2. The Hall–Kier alpha value is -3.81. The molecule has 164 valence electrons. The fourth-order valence-corrected chi connectivity index (χ4v) is 3.33. The van der Waals surface area contributed by atoms with E-state index in [4.69, 9.17) is 4.52 Å².